The van der Waals surface area contributed by atoms with Gasteiger partial charge in [-0.2, -0.15) is 0 Å². The largest absolute Gasteiger partial charge is 0.507 e. The summed E-state index contributed by atoms with van der Waals surface area (Å²) in [7, 11) is 0. The van der Waals surface area contributed by atoms with E-state index in [1.54, 1.807) is 41.0 Å². The number of aromatic hydroxyl groups is 1. The van der Waals surface area contributed by atoms with Gasteiger partial charge in [0, 0.05) is 24.1 Å². The lowest BCUT2D eigenvalue weighted by Crippen LogP contribution is -2.24. The van der Waals surface area contributed by atoms with E-state index in [0.29, 0.717) is 39.9 Å². The molecule has 0 aliphatic heterocycles. The van der Waals surface area contributed by atoms with Crippen LogP contribution in [0.3, 0.4) is 0 Å². The van der Waals surface area contributed by atoms with E-state index < -0.39 is 11.3 Å². The van der Waals surface area contributed by atoms with Crippen molar-refractivity contribution in [3.63, 3.8) is 0 Å². The number of benzene rings is 2. The van der Waals surface area contributed by atoms with Crippen LogP contribution in [0.2, 0.25) is 0 Å². The van der Waals surface area contributed by atoms with Crippen LogP contribution in [-0.4, -0.2) is 25.5 Å². The Kier molecular flexibility index (Phi) is 4.90. The van der Waals surface area contributed by atoms with E-state index in [-0.39, 0.29) is 17.2 Å². The molecule has 33 heavy (non-hydrogen) atoms. The summed E-state index contributed by atoms with van der Waals surface area (Å²) in [4.78, 5) is 34.9. The van der Waals surface area contributed by atoms with Crippen molar-refractivity contribution in [3.8, 4) is 17.2 Å². The minimum Gasteiger partial charge on any atom is -0.507 e. The first-order valence-corrected chi connectivity index (χ1v) is 10.5. The van der Waals surface area contributed by atoms with Gasteiger partial charge in [0.25, 0.3) is 5.91 Å². The highest BCUT2D eigenvalue weighted by atomic mass is 16.3. The first-order valence-electron chi connectivity index (χ1n) is 10.5. The number of aromatic nitrogens is 3. The highest BCUT2D eigenvalue weighted by Gasteiger charge is 2.18. The number of amides is 1. The molecule has 0 saturated carbocycles. The highest BCUT2D eigenvalue weighted by molar-refractivity contribution is 6.06. The van der Waals surface area contributed by atoms with Gasteiger partial charge < -0.3 is 19.4 Å². The molecule has 0 unspecified atom stereocenters. The van der Waals surface area contributed by atoms with Crippen LogP contribution in [0.4, 0.5) is 5.69 Å². The van der Waals surface area contributed by atoms with Crippen LogP contribution >= 0.6 is 0 Å². The molecule has 0 aliphatic rings. The number of hydrogen-bond donors (Lipinski definition) is 2. The van der Waals surface area contributed by atoms with Crippen molar-refractivity contribution in [2.75, 3.05) is 5.32 Å². The van der Waals surface area contributed by atoms with E-state index in [1.807, 2.05) is 26.0 Å². The van der Waals surface area contributed by atoms with E-state index in [1.165, 1.54) is 12.3 Å². The lowest BCUT2D eigenvalue weighted by atomic mass is 10.1. The van der Waals surface area contributed by atoms with Crippen molar-refractivity contribution >= 4 is 33.7 Å². The smallest absolute Gasteiger partial charge is 0.261 e. The molecule has 5 aromatic rings. The second kappa shape index (κ2) is 7.90. The molecule has 3 heterocycles. The molecule has 0 aliphatic carbocycles. The Morgan fingerprint density at radius 1 is 1.12 bits per heavy atom. The van der Waals surface area contributed by atoms with Crippen molar-refractivity contribution in [1.82, 2.24) is 14.5 Å². The third-order valence-corrected chi connectivity index (χ3v) is 5.42. The Hall–Kier alpha value is -4.46. The predicted molar refractivity (Wildman–Crippen MR) is 125 cm³/mol. The Balaban J connectivity index is 1.52. The Labute approximate surface area is 188 Å². The summed E-state index contributed by atoms with van der Waals surface area (Å²) < 4.78 is 7.52. The fourth-order valence-corrected chi connectivity index (χ4v) is 3.73. The molecule has 0 atom stereocenters. The molecule has 0 fully saturated rings. The van der Waals surface area contributed by atoms with Gasteiger partial charge in [0.15, 0.2) is 5.58 Å². The number of phenols is 1. The second-order valence-corrected chi connectivity index (χ2v) is 7.65. The first-order chi connectivity index (χ1) is 15.9. The molecule has 8 heteroatoms. The van der Waals surface area contributed by atoms with Crippen LogP contribution in [0.1, 0.15) is 23.0 Å². The third-order valence-electron chi connectivity index (χ3n) is 5.42. The number of nitrogens with zero attached hydrogens (tertiary/aromatic N) is 3. The molecule has 0 bridgehead atoms. The Morgan fingerprint density at radius 3 is 2.73 bits per heavy atom. The number of nitrogens with one attached hydrogen (secondary N) is 1. The molecule has 0 spiro atoms. The molecule has 0 radical (unpaired) electrons. The molecule has 2 N–H and O–H groups in total. The summed E-state index contributed by atoms with van der Waals surface area (Å²) in [6.45, 7) is 4.32. The molecule has 3 aromatic heterocycles. The van der Waals surface area contributed by atoms with Crippen LogP contribution in [0.15, 0.2) is 70.0 Å². The number of anilines is 1. The molecular formula is C25H20N4O4. The summed E-state index contributed by atoms with van der Waals surface area (Å²) in [5.41, 5.74) is 2.90. The van der Waals surface area contributed by atoms with E-state index in [4.69, 9.17) is 4.42 Å². The SMILES string of the molecule is CCn1cc(C(=O)Nc2ccc(O)c(-c3nc4ccccc4o3)c2)c(=O)c2ccc(C)nc21. The van der Waals surface area contributed by atoms with Crippen molar-refractivity contribution < 1.29 is 14.3 Å². The normalized spacial score (nSPS) is 11.2. The van der Waals surface area contributed by atoms with Crippen LogP contribution in [0.5, 0.6) is 5.75 Å². The maximum absolute atomic E-state index is 13.0. The van der Waals surface area contributed by atoms with E-state index in [9.17, 15) is 14.7 Å². The number of fused-ring (bicyclic) bond motifs is 2. The summed E-state index contributed by atoms with van der Waals surface area (Å²) >= 11 is 0. The standard InChI is InChI=1S/C25H20N4O4/c1-3-29-13-18(22(31)16-10-8-14(2)26-23(16)29)24(32)27-15-9-11-20(30)17(12-15)25-28-19-6-4-5-7-21(19)33-25/h4-13,30H,3H2,1-2H3,(H,27,32). The molecular weight excluding hydrogens is 420 g/mol. The molecule has 2 aromatic carbocycles. The van der Waals surface area contributed by atoms with Crippen molar-refractivity contribution in [2.45, 2.75) is 20.4 Å². The van der Waals surface area contributed by atoms with Crippen LogP contribution < -0.4 is 10.7 Å². The Morgan fingerprint density at radius 2 is 1.94 bits per heavy atom. The van der Waals surface area contributed by atoms with Crippen molar-refractivity contribution in [1.29, 1.82) is 0 Å². The molecule has 164 valence electrons. The number of rotatable bonds is 4. The minimum atomic E-state index is -0.557. The summed E-state index contributed by atoms with van der Waals surface area (Å²) in [6.07, 6.45) is 1.52. The summed E-state index contributed by atoms with van der Waals surface area (Å²) in [6, 6.07) is 15.2. The van der Waals surface area contributed by atoms with E-state index in [2.05, 4.69) is 15.3 Å². The summed E-state index contributed by atoms with van der Waals surface area (Å²) in [5.74, 6) is -0.371. The van der Waals surface area contributed by atoms with Gasteiger partial charge in [-0.05, 0) is 56.3 Å². The van der Waals surface area contributed by atoms with Gasteiger partial charge >= 0.3 is 0 Å². The zero-order chi connectivity index (χ0) is 23.1. The van der Waals surface area contributed by atoms with Gasteiger partial charge in [0.05, 0.1) is 10.9 Å². The number of carbonyl (C=O) groups is 1. The first kappa shape index (κ1) is 20.4. The average molecular weight is 440 g/mol. The number of pyridine rings is 2. The van der Waals surface area contributed by atoms with Crippen LogP contribution in [0, 0.1) is 6.92 Å². The molecule has 1 amide bonds. The third kappa shape index (κ3) is 3.61. The van der Waals surface area contributed by atoms with Gasteiger partial charge in [0.1, 0.15) is 22.5 Å². The van der Waals surface area contributed by atoms with Crippen LogP contribution in [0.25, 0.3) is 33.6 Å². The number of carbonyl (C=O) groups excluding carboxylic acids is 1. The predicted octanol–water partition coefficient (Wildman–Crippen LogP) is 4.49. The molecule has 0 saturated heterocycles. The second-order valence-electron chi connectivity index (χ2n) is 7.65. The van der Waals surface area contributed by atoms with Gasteiger partial charge in [0.2, 0.25) is 11.3 Å². The van der Waals surface area contributed by atoms with Crippen LogP contribution in [-0.2, 0) is 6.54 Å². The quantitative estimate of drug-likeness (QED) is 0.399. The lowest BCUT2D eigenvalue weighted by molar-refractivity contribution is 0.102. The summed E-state index contributed by atoms with van der Waals surface area (Å²) in [5, 5.41) is 13.5. The number of oxazole rings is 1. The zero-order valence-corrected chi connectivity index (χ0v) is 18.0. The number of para-hydroxylation sites is 2. The van der Waals surface area contributed by atoms with Gasteiger partial charge in [-0.3, -0.25) is 9.59 Å². The fraction of sp³-hybridized carbons (Fsp3) is 0.120. The average Bonchev–Trinajstić information content (AvgIpc) is 3.24. The van der Waals surface area contributed by atoms with Gasteiger partial charge in [-0.15, -0.1) is 0 Å². The topological polar surface area (TPSA) is 110 Å². The lowest BCUT2D eigenvalue weighted by Gasteiger charge is -2.12. The monoisotopic (exact) mass is 440 g/mol. The number of aryl methyl sites for hydroxylation is 2. The fourth-order valence-electron chi connectivity index (χ4n) is 3.73. The highest BCUT2D eigenvalue weighted by Crippen LogP contribution is 2.33. The molecule has 5 rings (SSSR count). The van der Waals surface area contributed by atoms with Gasteiger partial charge in [-0.25, -0.2) is 9.97 Å². The molecule has 8 nitrogen and oxygen atoms in total. The van der Waals surface area contributed by atoms with Crippen molar-refractivity contribution in [3.05, 3.63) is 82.3 Å². The maximum atomic E-state index is 13.0. The van der Waals surface area contributed by atoms with Crippen molar-refractivity contribution in [2.24, 2.45) is 0 Å². The maximum Gasteiger partial charge on any atom is 0.261 e. The van der Waals surface area contributed by atoms with Gasteiger partial charge in [-0.1, -0.05) is 12.1 Å². The zero-order valence-electron chi connectivity index (χ0n) is 18.0. The Bertz CT molecular complexity index is 1570. The van der Waals surface area contributed by atoms with E-state index >= 15 is 0 Å². The number of hydrogen-bond acceptors (Lipinski definition) is 6. The number of phenolic OH excluding ortho intramolecular Hbond substituents is 1. The minimum absolute atomic E-state index is 0.00601. The van der Waals surface area contributed by atoms with E-state index in [0.717, 1.165) is 5.69 Å².